The first-order valence-electron chi connectivity index (χ1n) is 8.18. The van der Waals surface area contributed by atoms with Gasteiger partial charge < -0.3 is 10.1 Å². The third kappa shape index (κ3) is 2.88. The summed E-state index contributed by atoms with van der Waals surface area (Å²) in [6.07, 6.45) is 5.49. The second-order valence-electron chi connectivity index (χ2n) is 6.50. The Morgan fingerprint density at radius 2 is 2.13 bits per heavy atom. The highest BCUT2D eigenvalue weighted by atomic mass is 16.5. The van der Waals surface area contributed by atoms with Crippen LogP contribution in [0.5, 0.6) is 0 Å². The first-order chi connectivity index (χ1) is 11.2. The quantitative estimate of drug-likeness (QED) is 0.941. The van der Waals surface area contributed by atoms with Crippen LogP contribution in [0, 0.1) is 5.92 Å². The van der Waals surface area contributed by atoms with Gasteiger partial charge in [-0.3, -0.25) is 9.48 Å². The van der Waals surface area contributed by atoms with Gasteiger partial charge in [0, 0.05) is 31.3 Å². The number of aryl methyl sites for hydroxylation is 1. The number of carbonyl (C=O) groups is 1. The molecule has 1 aromatic heterocycles. The van der Waals surface area contributed by atoms with E-state index in [0.29, 0.717) is 12.5 Å². The Labute approximate surface area is 135 Å². The van der Waals surface area contributed by atoms with E-state index >= 15 is 0 Å². The SMILES string of the molecule is Cn1cc([C@H]2OCC[C@@H]2NC(=O)[C@H]2C[C@@H]2c2ccccc2)cn1. The molecule has 2 fully saturated rings. The molecular formula is C18H21N3O2. The van der Waals surface area contributed by atoms with Crippen LogP contribution in [0.1, 0.15) is 36.0 Å². The van der Waals surface area contributed by atoms with Crippen molar-refractivity contribution in [3.05, 3.63) is 53.9 Å². The van der Waals surface area contributed by atoms with Crippen molar-refractivity contribution >= 4 is 5.91 Å². The molecule has 2 aliphatic rings. The molecule has 4 rings (SSSR count). The number of hydrogen-bond acceptors (Lipinski definition) is 3. The normalized spacial score (nSPS) is 29.4. The van der Waals surface area contributed by atoms with Gasteiger partial charge in [0.15, 0.2) is 0 Å². The summed E-state index contributed by atoms with van der Waals surface area (Å²) in [6.45, 7) is 0.678. The van der Waals surface area contributed by atoms with Gasteiger partial charge >= 0.3 is 0 Å². The lowest BCUT2D eigenvalue weighted by Crippen LogP contribution is -2.37. The van der Waals surface area contributed by atoms with Gasteiger partial charge in [-0.15, -0.1) is 0 Å². The van der Waals surface area contributed by atoms with Crippen molar-refractivity contribution in [1.29, 1.82) is 0 Å². The number of benzene rings is 1. The summed E-state index contributed by atoms with van der Waals surface area (Å²) in [5.74, 6) is 0.631. The second kappa shape index (κ2) is 5.81. The van der Waals surface area contributed by atoms with Gasteiger partial charge in [0.2, 0.25) is 5.91 Å². The van der Waals surface area contributed by atoms with Crippen LogP contribution in [0.15, 0.2) is 42.7 Å². The van der Waals surface area contributed by atoms with Crippen LogP contribution in [-0.4, -0.2) is 28.3 Å². The lowest BCUT2D eigenvalue weighted by Gasteiger charge is -2.19. The zero-order valence-electron chi connectivity index (χ0n) is 13.2. The van der Waals surface area contributed by atoms with E-state index < -0.39 is 0 Å². The van der Waals surface area contributed by atoms with E-state index in [1.54, 1.807) is 4.68 Å². The molecule has 5 nitrogen and oxygen atoms in total. The number of nitrogens with zero attached hydrogens (tertiary/aromatic N) is 2. The van der Waals surface area contributed by atoms with Crippen LogP contribution < -0.4 is 5.32 Å². The zero-order valence-corrected chi connectivity index (χ0v) is 13.2. The summed E-state index contributed by atoms with van der Waals surface area (Å²) in [7, 11) is 1.89. The molecule has 1 saturated carbocycles. The Balaban J connectivity index is 1.39. The van der Waals surface area contributed by atoms with E-state index in [2.05, 4.69) is 22.5 Å². The van der Waals surface area contributed by atoms with Crippen LogP contribution in [-0.2, 0) is 16.6 Å². The van der Waals surface area contributed by atoms with Gasteiger partial charge in [-0.2, -0.15) is 5.10 Å². The summed E-state index contributed by atoms with van der Waals surface area (Å²) in [6, 6.07) is 10.3. The molecule has 1 aromatic carbocycles. The molecule has 120 valence electrons. The lowest BCUT2D eigenvalue weighted by atomic mass is 10.0. The van der Waals surface area contributed by atoms with Crippen LogP contribution in [0.2, 0.25) is 0 Å². The third-order valence-electron chi connectivity index (χ3n) is 4.83. The van der Waals surface area contributed by atoms with Crippen LogP contribution in [0.3, 0.4) is 0 Å². The smallest absolute Gasteiger partial charge is 0.224 e. The van der Waals surface area contributed by atoms with Crippen molar-refractivity contribution < 1.29 is 9.53 Å². The average molecular weight is 311 g/mol. The van der Waals surface area contributed by atoms with Gasteiger partial charge in [0.1, 0.15) is 6.10 Å². The molecule has 1 N–H and O–H groups in total. The summed E-state index contributed by atoms with van der Waals surface area (Å²) >= 11 is 0. The number of nitrogens with one attached hydrogen (secondary N) is 1. The molecule has 1 saturated heterocycles. The predicted octanol–water partition coefficient (Wildman–Crippen LogP) is 2.17. The fraction of sp³-hybridized carbons (Fsp3) is 0.444. The monoisotopic (exact) mass is 311 g/mol. The van der Waals surface area contributed by atoms with E-state index in [-0.39, 0.29) is 24.0 Å². The highest BCUT2D eigenvalue weighted by Crippen LogP contribution is 2.47. The lowest BCUT2D eigenvalue weighted by molar-refractivity contribution is -0.123. The summed E-state index contributed by atoms with van der Waals surface area (Å²) in [5, 5.41) is 7.40. The minimum absolute atomic E-state index is 0.0451. The minimum Gasteiger partial charge on any atom is -0.371 e. The van der Waals surface area contributed by atoms with E-state index in [9.17, 15) is 4.79 Å². The second-order valence-corrected chi connectivity index (χ2v) is 6.50. The van der Waals surface area contributed by atoms with Crippen molar-refractivity contribution in [2.75, 3.05) is 6.61 Å². The summed E-state index contributed by atoms with van der Waals surface area (Å²) in [5.41, 5.74) is 2.30. The maximum absolute atomic E-state index is 12.5. The summed E-state index contributed by atoms with van der Waals surface area (Å²) in [4.78, 5) is 12.5. The average Bonchev–Trinajstić information content (AvgIpc) is 3.06. The number of carbonyl (C=O) groups excluding carboxylic acids is 1. The van der Waals surface area contributed by atoms with Crippen LogP contribution >= 0.6 is 0 Å². The minimum atomic E-state index is -0.0819. The number of aromatic nitrogens is 2. The predicted molar refractivity (Wildman–Crippen MR) is 85.7 cm³/mol. The van der Waals surface area contributed by atoms with Gasteiger partial charge in [0.25, 0.3) is 0 Å². The standard InChI is InChI=1S/C18H21N3O2/c1-21-11-13(10-19-21)17-16(7-8-23-17)20-18(22)15-9-14(15)12-5-3-2-4-6-12/h2-6,10-11,14-17H,7-9H2,1H3,(H,20,22)/t14-,15+,16+,17-/m1/s1. The molecule has 5 heteroatoms. The molecule has 0 unspecified atom stereocenters. The summed E-state index contributed by atoms with van der Waals surface area (Å²) < 4.78 is 7.58. The largest absolute Gasteiger partial charge is 0.371 e. The van der Waals surface area contributed by atoms with Gasteiger partial charge in [-0.1, -0.05) is 30.3 Å². The molecule has 23 heavy (non-hydrogen) atoms. The highest BCUT2D eigenvalue weighted by Gasteiger charge is 2.45. The Morgan fingerprint density at radius 3 is 2.87 bits per heavy atom. The third-order valence-corrected chi connectivity index (χ3v) is 4.83. The molecule has 1 amide bonds. The Kier molecular flexibility index (Phi) is 3.65. The Hall–Kier alpha value is -2.14. The van der Waals surface area contributed by atoms with Gasteiger partial charge in [0.05, 0.1) is 12.2 Å². The van der Waals surface area contributed by atoms with E-state index in [4.69, 9.17) is 4.74 Å². The number of amides is 1. The van der Waals surface area contributed by atoms with Crippen molar-refractivity contribution in [3.63, 3.8) is 0 Å². The molecule has 2 heterocycles. The molecule has 1 aliphatic heterocycles. The first kappa shape index (κ1) is 14.5. The number of rotatable bonds is 4. The van der Waals surface area contributed by atoms with E-state index in [1.807, 2.05) is 37.6 Å². The molecule has 0 spiro atoms. The molecule has 4 atom stereocenters. The molecule has 1 aliphatic carbocycles. The number of hydrogen-bond donors (Lipinski definition) is 1. The van der Waals surface area contributed by atoms with Crippen molar-refractivity contribution in [2.45, 2.75) is 30.9 Å². The molecule has 2 aromatic rings. The fourth-order valence-corrected chi connectivity index (χ4v) is 3.50. The topological polar surface area (TPSA) is 56.1 Å². The van der Waals surface area contributed by atoms with Gasteiger partial charge in [-0.05, 0) is 24.3 Å². The van der Waals surface area contributed by atoms with Crippen molar-refractivity contribution in [3.8, 4) is 0 Å². The van der Waals surface area contributed by atoms with E-state index in [0.717, 1.165) is 18.4 Å². The Morgan fingerprint density at radius 1 is 1.30 bits per heavy atom. The van der Waals surface area contributed by atoms with Gasteiger partial charge in [-0.25, -0.2) is 0 Å². The molecular weight excluding hydrogens is 290 g/mol. The zero-order chi connectivity index (χ0) is 15.8. The first-order valence-corrected chi connectivity index (χ1v) is 8.18. The maximum atomic E-state index is 12.5. The fourth-order valence-electron chi connectivity index (χ4n) is 3.50. The Bertz CT molecular complexity index is 697. The molecule has 0 bridgehead atoms. The highest BCUT2D eigenvalue weighted by molar-refractivity contribution is 5.83. The molecule has 0 radical (unpaired) electrons. The maximum Gasteiger partial charge on any atom is 0.224 e. The van der Waals surface area contributed by atoms with Crippen molar-refractivity contribution in [1.82, 2.24) is 15.1 Å². The number of ether oxygens (including phenoxy) is 1. The van der Waals surface area contributed by atoms with Crippen molar-refractivity contribution in [2.24, 2.45) is 13.0 Å². The van der Waals surface area contributed by atoms with E-state index in [1.165, 1.54) is 5.56 Å². The van der Waals surface area contributed by atoms with Crippen LogP contribution in [0.4, 0.5) is 0 Å². The van der Waals surface area contributed by atoms with Crippen LogP contribution in [0.25, 0.3) is 0 Å².